The third-order valence-corrected chi connectivity index (χ3v) is 4.05. The summed E-state index contributed by atoms with van der Waals surface area (Å²) in [6, 6.07) is 17.2. The molecule has 0 unspecified atom stereocenters. The second-order valence-corrected chi connectivity index (χ2v) is 6.31. The van der Waals surface area contributed by atoms with Gasteiger partial charge in [0, 0.05) is 39.8 Å². The van der Waals surface area contributed by atoms with E-state index in [1.165, 1.54) is 0 Å². The van der Waals surface area contributed by atoms with Crippen LogP contribution in [0.5, 0.6) is 0 Å². The molecule has 2 rings (SSSR count). The smallest absolute Gasteiger partial charge is 0.253 e. The SMILES string of the molecule is CN=C(NCCc1cccc(C(=O)N(C)C)c1)NCc1ccc(C#N)cc1.I. The standard InChI is InChI=1S/C21H25N5O.HI/c1-23-21(25-15-18-9-7-17(14-22)8-10-18)24-12-11-16-5-4-6-19(13-16)20(27)26(2)3;/h4-10,13H,11-12,15H2,1-3H3,(H2,23,24,25);1H. The Morgan fingerprint density at radius 2 is 1.82 bits per heavy atom. The van der Waals surface area contributed by atoms with E-state index in [1.807, 2.05) is 36.4 Å². The van der Waals surface area contributed by atoms with Crippen molar-refractivity contribution in [2.24, 2.45) is 4.99 Å². The van der Waals surface area contributed by atoms with Crippen LogP contribution >= 0.6 is 24.0 Å². The molecule has 0 atom stereocenters. The second-order valence-electron chi connectivity index (χ2n) is 6.31. The number of guanidine groups is 1. The van der Waals surface area contributed by atoms with Gasteiger partial charge in [-0.25, -0.2) is 0 Å². The number of benzene rings is 2. The van der Waals surface area contributed by atoms with Gasteiger partial charge in [-0.15, -0.1) is 24.0 Å². The van der Waals surface area contributed by atoms with Crippen molar-refractivity contribution in [3.8, 4) is 6.07 Å². The molecular formula is C21H26IN5O. The maximum atomic E-state index is 12.0. The van der Waals surface area contributed by atoms with E-state index in [0.717, 1.165) is 17.5 Å². The molecule has 0 heterocycles. The van der Waals surface area contributed by atoms with E-state index < -0.39 is 0 Å². The van der Waals surface area contributed by atoms with Crippen LogP contribution in [0.15, 0.2) is 53.5 Å². The predicted molar refractivity (Wildman–Crippen MR) is 123 cm³/mol. The fourth-order valence-electron chi connectivity index (χ4n) is 2.55. The van der Waals surface area contributed by atoms with Crippen LogP contribution in [-0.2, 0) is 13.0 Å². The zero-order valence-electron chi connectivity index (χ0n) is 16.4. The number of rotatable bonds is 6. The lowest BCUT2D eigenvalue weighted by Gasteiger charge is -2.13. The first kappa shape index (κ1) is 23.4. The third kappa shape index (κ3) is 7.19. The highest BCUT2D eigenvalue weighted by atomic mass is 127. The molecule has 0 bridgehead atoms. The quantitative estimate of drug-likeness (QED) is 0.370. The second kappa shape index (κ2) is 12.0. The van der Waals surface area contributed by atoms with Crippen LogP contribution in [0, 0.1) is 11.3 Å². The average molecular weight is 491 g/mol. The van der Waals surface area contributed by atoms with E-state index in [9.17, 15) is 4.79 Å². The predicted octanol–water partition coefficient (Wildman–Crippen LogP) is 2.79. The summed E-state index contributed by atoms with van der Waals surface area (Å²) < 4.78 is 0. The number of hydrogen-bond acceptors (Lipinski definition) is 3. The Morgan fingerprint density at radius 3 is 2.43 bits per heavy atom. The molecule has 7 heteroatoms. The minimum atomic E-state index is 0. The molecular weight excluding hydrogens is 465 g/mol. The van der Waals surface area contributed by atoms with Crippen LogP contribution in [0.2, 0.25) is 0 Å². The monoisotopic (exact) mass is 491 g/mol. The molecule has 0 aromatic heterocycles. The van der Waals surface area contributed by atoms with Crippen molar-refractivity contribution in [1.82, 2.24) is 15.5 Å². The molecule has 0 aliphatic carbocycles. The first-order valence-electron chi connectivity index (χ1n) is 8.77. The number of aliphatic imine (C=N–C) groups is 1. The minimum absolute atomic E-state index is 0. The van der Waals surface area contributed by atoms with Gasteiger partial charge < -0.3 is 15.5 Å². The van der Waals surface area contributed by atoms with Crippen molar-refractivity contribution >= 4 is 35.8 Å². The number of hydrogen-bond donors (Lipinski definition) is 2. The van der Waals surface area contributed by atoms with Crippen LogP contribution in [-0.4, -0.2) is 44.5 Å². The Hall–Kier alpha value is -2.60. The first-order valence-corrected chi connectivity index (χ1v) is 8.77. The van der Waals surface area contributed by atoms with E-state index >= 15 is 0 Å². The Labute approximate surface area is 183 Å². The Balaban J connectivity index is 0.00000392. The summed E-state index contributed by atoms with van der Waals surface area (Å²) in [7, 11) is 5.23. The van der Waals surface area contributed by atoms with Gasteiger partial charge in [0.25, 0.3) is 5.91 Å². The topological polar surface area (TPSA) is 80.5 Å². The summed E-state index contributed by atoms with van der Waals surface area (Å²) in [5.74, 6) is 0.713. The van der Waals surface area contributed by atoms with Crippen LogP contribution in [0.4, 0.5) is 0 Å². The number of nitrogens with zero attached hydrogens (tertiary/aromatic N) is 3. The number of nitriles is 1. The van der Waals surface area contributed by atoms with Crippen LogP contribution < -0.4 is 10.6 Å². The molecule has 2 N–H and O–H groups in total. The molecule has 0 spiro atoms. The van der Waals surface area contributed by atoms with Crippen molar-refractivity contribution in [2.75, 3.05) is 27.7 Å². The van der Waals surface area contributed by atoms with Gasteiger partial charge in [0.15, 0.2) is 5.96 Å². The van der Waals surface area contributed by atoms with E-state index in [1.54, 1.807) is 38.2 Å². The molecule has 0 aliphatic rings. The van der Waals surface area contributed by atoms with Gasteiger partial charge in [-0.3, -0.25) is 9.79 Å². The summed E-state index contributed by atoms with van der Waals surface area (Å²) in [6.45, 7) is 1.32. The summed E-state index contributed by atoms with van der Waals surface area (Å²) in [5.41, 5.74) is 3.52. The molecule has 28 heavy (non-hydrogen) atoms. The lowest BCUT2D eigenvalue weighted by Crippen LogP contribution is -2.37. The molecule has 2 aromatic carbocycles. The number of carbonyl (C=O) groups is 1. The lowest BCUT2D eigenvalue weighted by atomic mass is 10.1. The van der Waals surface area contributed by atoms with E-state index in [2.05, 4.69) is 21.7 Å². The largest absolute Gasteiger partial charge is 0.356 e. The van der Waals surface area contributed by atoms with Gasteiger partial charge in [-0.2, -0.15) is 5.26 Å². The zero-order valence-corrected chi connectivity index (χ0v) is 18.7. The summed E-state index contributed by atoms with van der Waals surface area (Å²) >= 11 is 0. The minimum Gasteiger partial charge on any atom is -0.356 e. The highest BCUT2D eigenvalue weighted by Gasteiger charge is 2.08. The van der Waals surface area contributed by atoms with Crippen LogP contribution in [0.1, 0.15) is 27.0 Å². The lowest BCUT2D eigenvalue weighted by molar-refractivity contribution is 0.0827. The average Bonchev–Trinajstić information content (AvgIpc) is 2.70. The Kier molecular flexibility index (Phi) is 10.0. The number of halogens is 1. The highest BCUT2D eigenvalue weighted by molar-refractivity contribution is 14.0. The maximum absolute atomic E-state index is 12.0. The van der Waals surface area contributed by atoms with E-state index in [-0.39, 0.29) is 29.9 Å². The summed E-state index contributed by atoms with van der Waals surface area (Å²) in [5, 5.41) is 15.4. The first-order chi connectivity index (χ1) is 13.0. The third-order valence-electron chi connectivity index (χ3n) is 4.05. The van der Waals surface area contributed by atoms with Crippen molar-refractivity contribution in [1.29, 1.82) is 5.26 Å². The number of amides is 1. The fraction of sp³-hybridized carbons (Fsp3) is 0.286. The number of nitrogens with one attached hydrogen (secondary N) is 2. The Morgan fingerprint density at radius 1 is 1.11 bits per heavy atom. The van der Waals surface area contributed by atoms with Gasteiger partial charge in [-0.05, 0) is 41.8 Å². The molecule has 0 fully saturated rings. The fourth-order valence-corrected chi connectivity index (χ4v) is 2.55. The molecule has 6 nitrogen and oxygen atoms in total. The van der Waals surface area contributed by atoms with Gasteiger partial charge in [0.05, 0.1) is 11.6 Å². The van der Waals surface area contributed by atoms with E-state index in [4.69, 9.17) is 5.26 Å². The van der Waals surface area contributed by atoms with Gasteiger partial charge >= 0.3 is 0 Å². The number of carbonyl (C=O) groups excluding carboxylic acids is 1. The molecule has 1 amide bonds. The maximum Gasteiger partial charge on any atom is 0.253 e. The normalized spacial score (nSPS) is 10.4. The molecule has 0 saturated carbocycles. The van der Waals surface area contributed by atoms with Crippen LogP contribution in [0.25, 0.3) is 0 Å². The van der Waals surface area contributed by atoms with Crippen molar-refractivity contribution in [2.45, 2.75) is 13.0 Å². The van der Waals surface area contributed by atoms with Gasteiger partial charge in [0.1, 0.15) is 0 Å². The summed E-state index contributed by atoms with van der Waals surface area (Å²) in [6.07, 6.45) is 0.784. The highest BCUT2D eigenvalue weighted by Crippen LogP contribution is 2.08. The molecule has 2 aromatic rings. The van der Waals surface area contributed by atoms with Crippen molar-refractivity contribution < 1.29 is 4.79 Å². The van der Waals surface area contributed by atoms with Crippen molar-refractivity contribution in [3.63, 3.8) is 0 Å². The zero-order chi connectivity index (χ0) is 19.6. The van der Waals surface area contributed by atoms with Gasteiger partial charge in [-0.1, -0.05) is 24.3 Å². The molecule has 0 aliphatic heterocycles. The van der Waals surface area contributed by atoms with Crippen molar-refractivity contribution in [3.05, 3.63) is 70.8 Å². The molecule has 0 saturated heterocycles. The van der Waals surface area contributed by atoms with Crippen LogP contribution in [0.3, 0.4) is 0 Å². The molecule has 148 valence electrons. The molecule has 0 radical (unpaired) electrons. The van der Waals surface area contributed by atoms with E-state index in [0.29, 0.717) is 30.2 Å². The summed E-state index contributed by atoms with van der Waals surface area (Å²) in [4.78, 5) is 17.8. The van der Waals surface area contributed by atoms with Gasteiger partial charge in [0.2, 0.25) is 0 Å². The Bertz CT molecular complexity index is 841.